The minimum Gasteiger partial charge on any atom is -0.478 e. The maximum Gasteiger partial charge on any atom is 0.337 e. The zero-order valence-electron chi connectivity index (χ0n) is 13.8. The van der Waals surface area contributed by atoms with Crippen molar-refractivity contribution in [3.63, 3.8) is 0 Å². The van der Waals surface area contributed by atoms with Gasteiger partial charge in [-0.3, -0.25) is 0 Å². The van der Waals surface area contributed by atoms with E-state index in [1.54, 1.807) is 12.1 Å². The molecule has 8 heteroatoms. The van der Waals surface area contributed by atoms with E-state index in [-0.39, 0.29) is 9.78 Å². The van der Waals surface area contributed by atoms with Crippen LogP contribution in [0.5, 0.6) is 0 Å². The summed E-state index contributed by atoms with van der Waals surface area (Å²) in [7, 11) is -3.53. The number of aryl methyl sites for hydroxylation is 1. The van der Waals surface area contributed by atoms with E-state index in [2.05, 4.69) is 0 Å². The summed E-state index contributed by atoms with van der Waals surface area (Å²) >= 11 is 2.52. The van der Waals surface area contributed by atoms with Crippen molar-refractivity contribution in [2.45, 2.75) is 30.4 Å². The number of rotatable bonds is 5. The van der Waals surface area contributed by atoms with Crippen LogP contribution in [-0.4, -0.2) is 36.9 Å². The SMILES string of the molecule is Cc1ccc(/C=C(\C(=O)O)c2ccc(S(=O)(=O)N3CCCCC3)s2)s1. The van der Waals surface area contributed by atoms with E-state index in [1.165, 1.54) is 21.7 Å². The quantitative estimate of drug-likeness (QED) is 0.776. The molecule has 1 aliphatic heterocycles. The summed E-state index contributed by atoms with van der Waals surface area (Å²) in [6.45, 7) is 3.02. The third-order valence-corrected chi connectivity index (χ3v) is 8.47. The number of thiophene rings is 2. The third kappa shape index (κ3) is 4.03. The summed E-state index contributed by atoms with van der Waals surface area (Å²) in [5.74, 6) is -1.06. The maximum absolute atomic E-state index is 12.7. The number of hydrogen-bond donors (Lipinski definition) is 1. The van der Waals surface area contributed by atoms with E-state index < -0.39 is 16.0 Å². The zero-order chi connectivity index (χ0) is 18.0. The Morgan fingerprint density at radius 1 is 1.12 bits per heavy atom. The van der Waals surface area contributed by atoms with Gasteiger partial charge in [-0.1, -0.05) is 6.42 Å². The molecule has 0 aliphatic carbocycles. The predicted octanol–water partition coefficient (Wildman–Crippen LogP) is 3.92. The standard InChI is InChI=1S/C17H19NO4S3/c1-12-5-6-13(23-12)11-14(17(19)20)15-7-8-16(24-15)25(21,22)18-9-3-2-4-10-18/h5-8,11H,2-4,9-10H2,1H3,(H,19,20)/b14-11-. The van der Waals surface area contributed by atoms with Crippen LogP contribution in [0.15, 0.2) is 28.5 Å². The van der Waals surface area contributed by atoms with Gasteiger partial charge >= 0.3 is 5.97 Å². The van der Waals surface area contributed by atoms with Crippen LogP contribution in [0.3, 0.4) is 0 Å². The first-order chi connectivity index (χ1) is 11.9. The van der Waals surface area contributed by atoms with Crippen molar-refractivity contribution in [3.8, 4) is 0 Å². The summed E-state index contributed by atoms with van der Waals surface area (Å²) in [4.78, 5) is 14.0. The van der Waals surface area contributed by atoms with Gasteiger partial charge in [-0.2, -0.15) is 4.31 Å². The highest BCUT2D eigenvalue weighted by Gasteiger charge is 2.28. The third-order valence-electron chi connectivity index (χ3n) is 4.03. The van der Waals surface area contributed by atoms with E-state index in [1.807, 2.05) is 19.1 Å². The molecular formula is C17H19NO4S3. The molecule has 0 bridgehead atoms. The highest BCUT2D eigenvalue weighted by atomic mass is 32.2. The Morgan fingerprint density at radius 2 is 1.84 bits per heavy atom. The van der Waals surface area contributed by atoms with Gasteiger partial charge in [0.2, 0.25) is 0 Å². The lowest BCUT2D eigenvalue weighted by Gasteiger charge is -2.25. The fourth-order valence-corrected chi connectivity index (χ4v) is 6.55. The Morgan fingerprint density at radius 3 is 2.44 bits per heavy atom. The van der Waals surface area contributed by atoms with Crippen LogP contribution in [0.2, 0.25) is 0 Å². The molecule has 0 saturated carbocycles. The number of carbonyl (C=O) groups is 1. The smallest absolute Gasteiger partial charge is 0.337 e. The number of nitrogens with zero attached hydrogens (tertiary/aromatic N) is 1. The molecule has 3 rings (SSSR count). The molecule has 25 heavy (non-hydrogen) atoms. The Bertz CT molecular complexity index is 902. The van der Waals surface area contributed by atoms with Crippen LogP contribution in [0.4, 0.5) is 0 Å². The monoisotopic (exact) mass is 397 g/mol. The Labute approximate surface area is 155 Å². The van der Waals surface area contributed by atoms with Gasteiger partial charge in [0.05, 0.1) is 5.57 Å². The minimum absolute atomic E-state index is 0.118. The molecule has 1 aliphatic rings. The van der Waals surface area contributed by atoms with Crippen molar-refractivity contribution >= 4 is 50.3 Å². The van der Waals surface area contributed by atoms with Crippen molar-refractivity contribution in [2.24, 2.45) is 0 Å². The Kier molecular flexibility index (Phi) is 5.43. The van der Waals surface area contributed by atoms with Crippen molar-refractivity contribution in [3.05, 3.63) is 38.9 Å². The van der Waals surface area contributed by atoms with Gasteiger partial charge in [0, 0.05) is 27.7 Å². The molecular weight excluding hydrogens is 378 g/mol. The molecule has 5 nitrogen and oxygen atoms in total. The fraction of sp³-hybridized carbons (Fsp3) is 0.353. The minimum atomic E-state index is -3.53. The van der Waals surface area contributed by atoms with Crippen LogP contribution in [0, 0.1) is 6.92 Å². The van der Waals surface area contributed by atoms with Gasteiger partial charge in [-0.15, -0.1) is 22.7 Å². The van der Waals surface area contributed by atoms with Crippen LogP contribution in [0.1, 0.15) is 33.9 Å². The number of carboxylic acids is 1. The van der Waals surface area contributed by atoms with E-state index >= 15 is 0 Å². The van der Waals surface area contributed by atoms with E-state index in [0.29, 0.717) is 18.0 Å². The first-order valence-electron chi connectivity index (χ1n) is 8.00. The molecule has 1 fully saturated rings. The lowest BCUT2D eigenvalue weighted by atomic mass is 10.2. The Balaban J connectivity index is 1.93. The highest BCUT2D eigenvalue weighted by molar-refractivity contribution is 7.91. The van der Waals surface area contributed by atoms with Crippen molar-refractivity contribution in [2.75, 3.05) is 13.1 Å². The zero-order valence-corrected chi connectivity index (χ0v) is 16.2. The van der Waals surface area contributed by atoms with Crippen LogP contribution >= 0.6 is 22.7 Å². The second-order valence-corrected chi connectivity index (χ2v) is 10.5. The van der Waals surface area contributed by atoms with Gasteiger partial charge in [-0.05, 0) is 50.1 Å². The number of piperidine rings is 1. The highest BCUT2D eigenvalue weighted by Crippen LogP contribution is 2.32. The maximum atomic E-state index is 12.7. The molecule has 2 aromatic rings. The number of carboxylic acid groups (broad SMARTS) is 1. The second kappa shape index (κ2) is 7.41. The van der Waals surface area contributed by atoms with Gasteiger partial charge < -0.3 is 5.11 Å². The van der Waals surface area contributed by atoms with Crippen molar-refractivity contribution in [1.82, 2.24) is 4.31 Å². The lowest BCUT2D eigenvalue weighted by Crippen LogP contribution is -2.35. The number of aliphatic carboxylic acids is 1. The van der Waals surface area contributed by atoms with Gasteiger partial charge in [0.15, 0.2) is 0 Å². The summed E-state index contributed by atoms with van der Waals surface area (Å²) in [6, 6.07) is 6.89. The summed E-state index contributed by atoms with van der Waals surface area (Å²) < 4.78 is 27.2. The summed E-state index contributed by atoms with van der Waals surface area (Å²) in [5.41, 5.74) is 0.118. The van der Waals surface area contributed by atoms with Crippen LogP contribution < -0.4 is 0 Å². The fourth-order valence-electron chi connectivity index (χ4n) is 2.75. The average Bonchev–Trinajstić information content (AvgIpc) is 3.22. The Hall–Kier alpha value is -1.48. The molecule has 1 N–H and O–H groups in total. The van der Waals surface area contributed by atoms with Crippen LogP contribution in [0.25, 0.3) is 11.6 Å². The average molecular weight is 398 g/mol. The molecule has 3 heterocycles. The molecule has 134 valence electrons. The number of sulfonamides is 1. The summed E-state index contributed by atoms with van der Waals surface area (Å²) in [5, 5.41) is 9.54. The normalized spacial score (nSPS) is 16.9. The first-order valence-corrected chi connectivity index (χ1v) is 11.1. The predicted molar refractivity (Wildman–Crippen MR) is 101 cm³/mol. The topological polar surface area (TPSA) is 74.7 Å². The van der Waals surface area contributed by atoms with E-state index in [9.17, 15) is 18.3 Å². The molecule has 0 amide bonds. The van der Waals surface area contributed by atoms with Gasteiger partial charge in [0.1, 0.15) is 4.21 Å². The largest absolute Gasteiger partial charge is 0.478 e. The van der Waals surface area contributed by atoms with E-state index in [4.69, 9.17) is 0 Å². The molecule has 0 spiro atoms. The van der Waals surface area contributed by atoms with E-state index in [0.717, 1.165) is 40.4 Å². The molecule has 0 atom stereocenters. The van der Waals surface area contributed by atoms with Crippen molar-refractivity contribution in [1.29, 1.82) is 0 Å². The first kappa shape index (κ1) is 18.3. The lowest BCUT2D eigenvalue weighted by molar-refractivity contribution is -0.130. The molecule has 1 saturated heterocycles. The molecule has 0 unspecified atom stereocenters. The second-order valence-electron chi connectivity index (χ2n) is 5.90. The van der Waals surface area contributed by atoms with Crippen molar-refractivity contribution < 1.29 is 18.3 Å². The number of hydrogen-bond acceptors (Lipinski definition) is 5. The molecule has 0 aromatic carbocycles. The molecule has 0 radical (unpaired) electrons. The summed E-state index contributed by atoms with van der Waals surface area (Å²) in [6.07, 6.45) is 4.39. The van der Waals surface area contributed by atoms with Crippen LogP contribution in [-0.2, 0) is 14.8 Å². The van der Waals surface area contributed by atoms with Gasteiger partial charge in [-0.25, -0.2) is 13.2 Å². The molecule has 2 aromatic heterocycles. The van der Waals surface area contributed by atoms with Gasteiger partial charge in [0.25, 0.3) is 10.0 Å².